The second kappa shape index (κ2) is 9.73. The molecule has 0 aliphatic carbocycles. The van der Waals surface area contributed by atoms with Crippen molar-refractivity contribution in [2.75, 3.05) is 13.7 Å². The first-order chi connectivity index (χ1) is 17.5. The number of Topliss-reactive ketones (excluding diaryl/α,β-unsaturated/α-hetero) is 1. The van der Waals surface area contributed by atoms with Gasteiger partial charge in [-0.3, -0.25) is 9.59 Å². The van der Waals surface area contributed by atoms with Crippen molar-refractivity contribution >= 4 is 22.7 Å². The third kappa shape index (κ3) is 4.15. The van der Waals surface area contributed by atoms with E-state index in [0.29, 0.717) is 36.2 Å². The van der Waals surface area contributed by atoms with Crippen LogP contribution >= 0.6 is 0 Å². The van der Waals surface area contributed by atoms with Crippen LogP contribution in [0.4, 0.5) is 0 Å². The summed E-state index contributed by atoms with van der Waals surface area (Å²) in [5.41, 5.74) is 2.35. The van der Waals surface area contributed by atoms with Crippen LogP contribution in [-0.2, 0) is 17.8 Å². The Labute approximate surface area is 208 Å². The van der Waals surface area contributed by atoms with Gasteiger partial charge < -0.3 is 23.7 Å². The van der Waals surface area contributed by atoms with E-state index >= 15 is 0 Å². The highest BCUT2D eigenvalue weighted by atomic mass is 16.5. The monoisotopic (exact) mass is 485 g/mol. The molecule has 2 aromatic carbocycles. The largest absolute Gasteiger partial charge is 0.503 e. The van der Waals surface area contributed by atoms with Crippen molar-refractivity contribution in [3.63, 3.8) is 0 Å². The van der Waals surface area contributed by atoms with E-state index < -0.39 is 23.5 Å². The topological polar surface area (TPSA) is 97.8 Å². The Morgan fingerprint density at radius 2 is 1.97 bits per heavy atom. The average Bonchev–Trinajstić information content (AvgIpc) is 3.63. The molecule has 36 heavy (non-hydrogen) atoms. The molecule has 1 unspecified atom stereocenters. The van der Waals surface area contributed by atoms with E-state index in [1.807, 2.05) is 41.1 Å². The molecule has 1 amide bonds. The van der Waals surface area contributed by atoms with Gasteiger partial charge in [0, 0.05) is 30.9 Å². The lowest BCUT2D eigenvalue weighted by molar-refractivity contribution is -0.129. The average molecular weight is 486 g/mol. The molecule has 1 N–H and O–H groups in total. The molecule has 5 rings (SSSR count). The summed E-state index contributed by atoms with van der Waals surface area (Å²) in [6.07, 6.45) is 6.76. The van der Waals surface area contributed by atoms with Gasteiger partial charge in [-0.15, -0.1) is 0 Å². The molecule has 0 fully saturated rings. The van der Waals surface area contributed by atoms with E-state index in [-0.39, 0.29) is 11.3 Å². The first-order valence-electron chi connectivity index (χ1n) is 11.9. The van der Waals surface area contributed by atoms with Crippen LogP contribution in [0.15, 0.2) is 83.0 Å². The minimum atomic E-state index is -0.728. The number of rotatable bonds is 9. The number of fused-ring (bicyclic) bond motifs is 1. The molecule has 0 spiro atoms. The number of benzene rings is 2. The van der Waals surface area contributed by atoms with Gasteiger partial charge in [-0.1, -0.05) is 43.3 Å². The van der Waals surface area contributed by atoms with Crippen molar-refractivity contribution in [2.45, 2.75) is 32.4 Å². The van der Waals surface area contributed by atoms with E-state index in [1.54, 1.807) is 35.6 Å². The lowest BCUT2D eigenvalue weighted by Gasteiger charge is -2.27. The molecule has 1 atom stereocenters. The smallest absolute Gasteiger partial charge is 0.290 e. The Hall–Kier alpha value is -4.33. The Balaban J connectivity index is 1.51. The number of aryl methyl sites for hydroxylation is 2. The van der Waals surface area contributed by atoms with Crippen LogP contribution in [-0.4, -0.2) is 44.9 Å². The minimum Gasteiger partial charge on any atom is -0.503 e. The van der Waals surface area contributed by atoms with Gasteiger partial charge in [-0.05, 0) is 36.1 Å². The zero-order chi connectivity index (χ0) is 25.2. The zero-order valence-electron chi connectivity index (χ0n) is 20.2. The van der Waals surface area contributed by atoms with Crippen LogP contribution in [0.3, 0.4) is 0 Å². The summed E-state index contributed by atoms with van der Waals surface area (Å²) < 4.78 is 13.2. The second-order valence-corrected chi connectivity index (χ2v) is 8.73. The van der Waals surface area contributed by atoms with Crippen LogP contribution in [0.1, 0.15) is 41.1 Å². The van der Waals surface area contributed by atoms with Gasteiger partial charge in [-0.25, -0.2) is 4.98 Å². The van der Waals surface area contributed by atoms with Crippen molar-refractivity contribution in [1.29, 1.82) is 0 Å². The number of carbonyl (C=O) groups excluding carboxylic acids is 2. The lowest BCUT2D eigenvalue weighted by Crippen LogP contribution is -2.32. The van der Waals surface area contributed by atoms with Gasteiger partial charge in [0.2, 0.25) is 5.78 Å². The maximum absolute atomic E-state index is 13.7. The van der Waals surface area contributed by atoms with Crippen molar-refractivity contribution < 1.29 is 23.8 Å². The number of ketones is 1. The SMILES string of the molecule is CCc1ccc(C2C(C(=O)c3cc4cccc(OC)c4o3)=C(O)C(=O)N2CCCn2ccnc2)cc1. The van der Waals surface area contributed by atoms with E-state index in [0.717, 1.165) is 17.5 Å². The molecule has 8 nitrogen and oxygen atoms in total. The standard InChI is InChI=1S/C28H27N3O5/c1-3-18-8-10-19(11-9-18)24-23(25(32)22-16-20-6-4-7-21(35-2)27(20)36-22)26(33)28(34)31(24)14-5-13-30-15-12-29-17-30/h4,6-12,15-17,24,33H,3,5,13-14H2,1-2H3. The van der Waals surface area contributed by atoms with Crippen molar-refractivity contribution in [3.8, 4) is 5.75 Å². The molecule has 0 saturated carbocycles. The molecule has 8 heteroatoms. The highest BCUT2D eigenvalue weighted by Crippen LogP contribution is 2.40. The number of amides is 1. The highest BCUT2D eigenvalue weighted by molar-refractivity contribution is 6.16. The van der Waals surface area contributed by atoms with Crippen molar-refractivity contribution in [2.24, 2.45) is 0 Å². The van der Waals surface area contributed by atoms with Crippen LogP contribution in [0.5, 0.6) is 5.75 Å². The van der Waals surface area contributed by atoms with E-state index in [9.17, 15) is 14.7 Å². The number of furan rings is 1. The van der Waals surface area contributed by atoms with Gasteiger partial charge in [0.1, 0.15) is 0 Å². The fourth-order valence-corrected chi connectivity index (χ4v) is 4.68. The lowest BCUT2D eigenvalue weighted by atomic mass is 9.94. The molecular formula is C28H27N3O5. The molecule has 1 aliphatic rings. The molecule has 0 bridgehead atoms. The number of aromatic nitrogens is 2. The van der Waals surface area contributed by atoms with Crippen LogP contribution in [0.25, 0.3) is 11.0 Å². The molecule has 3 heterocycles. The molecular weight excluding hydrogens is 458 g/mol. The molecule has 4 aromatic rings. The van der Waals surface area contributed by atoms with Gasteiger partial charge in [0.15, 0.2) is 22.9 Å². The number of hydrogen-bond acceptors (Lipinski definition) is 6. The van der Waals surface area contributed by atoms with Gasteiger partial charge in [-0.2, -0.15) is 0 Å². The van der Waals surface area contributed by atoms with E-state index in [2.05, 4.69) is 11.9 Å². The molecule has 2 aromatic heterocycles. The van der Waals surface area contributed by atoms with Crippen LogP contribution < -0.4 is 4.74 Å². The molecule has 0 radical (unpaired) electrons. The number of nitrogens with zero attached hydrogens (tertiary/aromatic N) is 3. The Morgan fingerprint density at radius 3 is 2.67 bits per heavy atom. The summed E-state index contributed by atoms with van der Waals surface area (Å²) in [6, 6.07) is 14.0. The molecule has 1 aliphatic heterocycles. The van der Waals surface area contributed by atoms with Crippen LogP contribution in [0.2, 0.25) is 0 Å². The van der Waals surface area contributed by atoms with Gasteiger partial charge in [0.05, 0.1) is 25.1 Å². The van der Waals surface area contributed by atoms with Gasteiger partial charge in [0.25, 0.3) is 5.91 Å². The predicted molar refractivity (Wildman–Crippen MR) is 134 cm³/mol. The van der Waals surface area contributed by atoms with Gasteiger partial charge >= 0.3 is 0 Å². The Kier molecular flexibility index (Phi) is 6.33. The number of imidazole rings is 1. The minimum absolute atomic E-state index is 0.0184. The van der Waals surface area contributed by atoms with Crippen molar-refractivity contribution in [3.05, 3.63) is 95.5 Å². The number of methoxy groups -OCH3 is 1. The summed E-state index contributed by atoms with van der Waals surface area (Å²) in [7, 11) is 1.53. The molecule has 184 valence electrons. The van der Waals surface area contributed by atoms with E-state index in [4.69, 9.17) is 9.15 Å². The number of carbonyl (C=O) groups is 2. The Morgan fingerprint density at radius 1 is 1.17 bits per heavy atom. The number of ether oxygens (including phenoxy) is 1. The highest BCUT2D eigenvalue weighted by Gasteiger charge is 2.44. The Bertz CT molecular complexity index is 1430. The fraction of sp³-hybridized carbons (Fsp3) is 0.250. The molecule has 0 saturated heterocycles. The first kappa shape index (κ1) is 23.4. The third-order valence-electron chi connectivity index (χ3n) is 6.58. The number of aliphatic hydroxyl groups is 1. The maximum atomic E-state index is 13.7. The quantitative estimate of drug-likeness (QED) is 0.340. The summed E-state index contributed by atoms with van der Waals surface area (Å²) in [6.45, 7) is 3.07. The van der Waals surface area contributed by atoms with Crippen LogP contribution in [0, 0.1) is 0 Å². The number of para-hydroxylation sites is 1. The normalized spacial score (nSPS) is 15.8. The number of aliphatic hydroxyl groups excluding tert-OH is 1. The number of hydrogen-bond donors (Lipinski definition) is 1. The van der Waals surface area contributed by atoms with Crippen molar-refractivity contribution in [1.82, 2.24) is 14.5 Å². The summed E-state index contributed by atoms with van der Waals surface area (Å²) in [5, 5.41) is 11.6. The summed E-state index contributed by atoms with van der Waals surface area (Å²) >= 11 is 0. The zero-order valence-corrected chi connectivity index (χ0v) is 20.2. The summed E-state index contributed by atoms with van der Waals surface area (Å²) in [5.74, 6) is -1.10. The maximum Gasteiger partial charge on any atom is 0.290 e. The second-order valence-electron chi connectivity index (χ2n) is 8.73. The predicted octanol–water partition coefficient (Wildman–Crippen LogP) is 4.87. The summed E-state index contributed by atoms with van der Waals surface area (Å²) in [4.78, 5) is 32.6. The first-order valence-corrected chi connectivity index (χ1v) is 11.9. The fourth-order valence-electron chi connectivity index (χ4n) is 4.68. The third-order valence-corrected chi connectivity index (χ3v) is 6.58. The van der Waals surface area contributed by atoms with E-state index in [1.165, 1.54) is 7.11 Å².